The van der Waals surface area contributed by atoms with E-state index in [0.29, 0.717) is 6.04 Å². The topological polar surface area (TPSA) is 40.8 Å². The molecule has 0 spiro atoms. The average molecular weight is 283 g/mol. The summed E-state index contributed by atoms with van der Waals surface area (Å²) in [5, 5.41) is 3.82. The van der Waals surface area contributed by atoms with Gasteiger partial charge in [-0.25, -0.2) is 0 Å². The SMILES string of the molecule is C1=CC2=NC(c3ccco3)C(NC3CCCCC3)N2C=C1. The fourth-order valence-corrected chi connectivity index (χ4v) is 3.52. The maximum atomic E-state index is 5.62. The van der Waals surface area contributed by atoms with Crippen molar-refractivity contribution in [2.24, 2.45) is 4.99 Å². The van der Waals surface area contributed by atoms with E-state index < -0.39 is 0 Å². The van der Waals surface area contributed by atoms with Crippen LogP contribution < -0.4 is 5.32 Å². The van der Waals surface area contributed by atoms with Gasteiger partial charge in [0, 0.05) is 12.2 Å². The molecule has 0 amide bonds. The van der Waals surface area contributed by atoms with E-state index in [1.807, 2.05) is 18.2 Å². The summed E-state index contributed by atoms with van der Waals surface area (Å²) in [5.41, 5.74) is 0. The Bertz CT molecular complexity index is 567. The molecule has 4 heteroatoms. The number of amidine groups is 1. The number of rotatable bonds is 3. The molecule has 3 heterocycles. The van der Waals surface area contributed by atoms with E-state index >= 15 is 0 Å². The Morgan fingerprint density at radius 2 is 2.10 bits per heavy atom. The molecule has 110 valence electrons. The van der Waals surface area contributed by atoms with Crippen LogP contribution in [0.4, 0.5) is 0 Å². The zero-order valence-corrected chi connectivity index (χ0v) is 12.1. The van der Waals surface area contributed by atoms with Crippen molar-refractivity contribution in [3.63, 3.8) is 0 Å². The minimum Gasteiger partial charge on any atom is -0.467 e. The summed E-state index contributed by atoms with van der Waals surface area (Å²) in [6.45, 7) is 0. The van der Waals surface area contributed by atoms with Gasteiger partial charge in [0.25, 0.3) is 0 Å². The quantitative estimate of drug-likeness (QED) is 0.924. The highest BCUT2D eigenvalue weighted by Gasteiger charge is 2.38. The Balaban J connectivity index is 1.59. The fourth-order valence-electron chi connectivity index (χ4n) is 3.52. The van der Waals surface area contributed by atoms with Crippen LogP contribution >= 0.6 is 0 Å². The van der Waals surface area contributed by atoms with Crippen LogP contribution in [0.2, 0.25) is 0 Å². The lowest BCUT2D eigenvalue weighted by atomic mass is 9.95. The van der Waals surface area contributed by atoms with Gasteiger partial charge in [-0.3, -0.25) is 10.3 Å². The predicted octanol–water partition coefficient (Wildman–Crippen LogP) is 3.37. The predicted molar refractivity (Wildman–Crippen MR) is 82.8 cm³/mol. The Hall–Kier alpha value is -1.81. The molecule has 0 radical (unpaired) electrons. The number of nitrogens with zero attached hydrogens (tertiary/aromatic N) is 2. The highest BCUT2D eigenvalue weighted by Crippen LogP contribution is 2.33. The number of aliphatic imine (C=N–C) groups is 1. The zero-order valence-electron chi connectivity index (χ0n) is 12.1. The summed E-state index contributed by atoms with van der Waals surface area (Å²) in [7, 11) is 0. The van der Waals surface area contributed by atoms with Gasteiger partial charge in [0.2, 0.25) is 0 Å². The molecule has 1 aliphatic carbocycles. The van der Waals surface area contributed by atoms with E-state index in [-0.39, 0.29) is 12.2 Å². The number of hydrogen-bond acceptors (Lipinski definition) is 4. The zero-order chi connectivity index (χ0) is 14.1. The molecule has 1 aromatic rings. The lowest BCUT2D eigenvalue weighted by Gasteiger charge is -2.33. The number of hydrogen-bond donors (Lipinski definition) is 1. The van der Waals surface area contributed by atoms with Crippen LogP contribution in [0.15, 0.2) is 52.2 Å². The summed E-state index contributed by atoms with van der Waals surface area (Å²) in [4.78, 5) is 7.09. The molecule has 1 N–H and O–H groups in total. The summed E-state index contributed by atoms with van der Waals surface area (Å²) in [5.74, 6) is 1.96. The Morgan fingerprint density at radius 1 is 1.19 bits per heavy atom. The first-order valence-corrected chi connectivity index (χ1v) is 7.92. The molecule has 2 aliphatic heterocycles. The van der Waals surface area contributed by atoms with Gasteiger partial charge in [-0.2, -0.15) is 0 Å². The molecule has 1 aromatic heterocycles. The average Bonchev–Trinajstić information content (AvgIpc) is 3.16. The number of allylic oxidation sites excluding steroid dienone is 2. The van der Waals surface area contributed by atoms with Crippen LogP contribution in [0, 0.1) is 0 Å². The monoisotopic (exact) mass is 283 g/mol. The van der Waals surface area contributed by atoms with E-state index in [1.54, 1.807) is 6.26 Å². The second kappa shape index (κ2) is 5.53. The van der Waals surface area contributed by atoms with Crippen LogP contribution in [0.5, 0.6) is 0 Å². The molecule has 3 aliphatic rings. The third-order valence-electron chi connectivity index (χ3n) is 4.58. The molecule has 4 rings (SSSR count). The summed E-state index contributed by atoms with van der Waals surface area (Å²) >= 11 is 0. The Morgan fingerprint density at radius 3 is 2.90 bits per heavy atom. The molecular formula is C17H21N3O. The van der Waals surface area contributed by atoms with Crippen molar-refractivity contribution in [1.82, 2.24) is 10.2 Å². The molecular weight excluding hydrogens is 262 g/mol. The first-order chi connectivity index (χ1) is 10.4. The second-order valence-corrected chi connectivity index (χ2v) is 6.00. The van der Waals surface area contributed by atoms with Gasteiger partial charge in [-0.05, 0) is 37.1 Å². The van der Waals surface area contributed by atoms with E-state index in [0.717, 1.165) is 11.6 Å². The number of furan rings is 1. The van der Waals surface area contributed by atoms with Crippen LogP contribution in [0.25, 0.3) is 0 Å². The number of fused-ring (bicyclic) bond motifs is 1. The van der Waals surface area contributed by atoms with Gasteiger partial charge in [0.05, 0.1) is 6.26 Å². The highest BCUT2D eigenvalue weighted by atomic mass is 16.3. The van der Waals surface area contributed by atoms with Crippen molar-refractivity contribution in [3.8, 4) is 0 Å². The van der Waals surface area contributed by atoms with Crippen LogP contribution in [-0.2, 0) is 0 Å². The summed E-state index contributed by atoms with van der Waals surface area (Å²) in [6.07, 6.45) is 16.8. The molecule has 0 bridgehead atoms. The van der Waals surface area contributed by atoms with Crippen molar-refractivity contribution in [2.45, 2.75) is 50.4 Å². The van der Waals surface area contributed by atoms with Gasteiger partial charge < -0.3 is 9.32 Å². The van der Waals surface area contributed by atoms with E-state index in [9.17, 15) is 0 Å². The standard InChI is InChI=1S/C17H21N3O/c1-2-7-13(8-3-1)18-17-16(14-9-6-12-21-14)19-15-10-4-5-11-20(15)17/h4-6,9-13,16-18H,1-3,7-8H2. The normalized spacial score (nSPS) is 28.8. The van der Waals surface area contributed by atoms with E-state index in [1.165, 1.54) is 32.1 Å². The molecule has 4 nitrogen and oxygen atoms in total. The maximum absolute atomic E-state index is 5.62. The number of nitrogens with one attached hydrogen (secondary N) is 1. The highest BCUT2D eigenvalue weighted by molar-refractivity contribution is 5.96. The van der Waals surface area contributed by atoms with Gasteiger partial charge in [-0.1, -0.05) is 25.3 Å². The molecule has 0 saturated heterocycles. The van der Waals surface area contributed by atoms with E-state index in [4.69, 9.17) is 9.41 Å². The largest absolute Gasteiger partial charge is 0.467 e. The fraction of sp³-hybridized carbons (Fsp3) is 0.471. The first kappa shape index (κ1) is 12.9. The van der Waals surface area contributed by atoms with Crippen LogP contribution in [-0.4, -0.2) is 22.9 Å². The lowest BCUT2D eigenvalue weighted by Crippen LogP contribution is -2.49. The Labute approximate surface area is 125 Å². The van der Waals surface area contributed by atoms with Crippen LogP contribution in [0.3, 0.4) is 0 Å². The van der Waals surface area contributed by atoms with Crippen molar-refractivity contribution in [1.29, 1.82) is 0 Å². The molecule has 1 fully saturated rings. The van der Waals surface area contributed by atoms with E-state index in [2.05, 4.69) is 28.6 Å². The molecule has 21 heavy (non-hydrogen) atoms. The first-order valence-electron chi connectivity index (χ1n) is 7.92. The third-order valence-corrected chi connectivity index (χ3v) is 4.58. The van der Waals surface area contributed by atoms with Gasteiger partial charge in [0.15, 0.2) is 0 Å². The van der Waals surface area contributed by atoms with Gasteiger partial charge >= 0.3 is 0 Å². The van der Waals surface area contributed by atoms with Gasteiger partial charge in [-0.15, -0.1) is 0 Å². The third kappa shape index (κ3) is 2.44. The summed E-state index contributed by atoms with van der Waals surface area (Å²) < 4.78 is 5.62. The van der Waals surface area contributed by atoms with Crippen LogP contribution in [0.1, 0.15) is 43.9 Å². The van der Waals surface area contributed by atoms with Crippen molar-refractivity contribution >= 4 is 5.84 Å². The second-order valence-electron chi connectivity index (χ2n) is 6.00. The minimum absolute atomic E-state index is 0.0318. The van der Waals surface area contributed by atoms with Crippen molar-refractivity contribution < 1.29 is 4.42 Å². The van der Waals surface area contributed by atoms with Gasteiger partial charge in [0.1, 0.15) is 23.8 Å². The molecule has 1 saturated carbocycles. The van der Waals surface area contributed by atoms with Crippen molar-refractivity contribution in [2.75, 3.05) is 0 Å². The molecule has 2 unspecified atom stereocenters. The molecule has 0 aromatic carbocycles. The summed E-state index contributed by atoms with van der Waals surface area (Å²) in [6, 6.07) is 4.59. The smallest absolute Gasteiger partial charge is 0.144 e. The minimum atomic E-state index is 0.0318. The Kier molecular flexibility index (Phi) is 3.39. The maximum Gasteiger partial charge on any atom is 0.144 e. The van der Waals surface area contributed by atoms with Crippen molar-refractivity contribution in [3.05, 3.63) is 48.6 Å². The lowest BCUT2D eigenvalue weighted by molar-refractivity contribution is 0.237. The molecule has 2 atom stereocenters.